The Bertz CT molecular complexity index is 649. The molecule has 0 aliphatic carbocycles. The number of thiocarbonyl (C=S) groups is 1. The van der Waals surface area contributed by atoms with Gasteiger partial charge in [-0.15, -0.1) is 5.10 Å². The van der Waals surface area contributed by atoms with Gasteiger partial charge in [0.1, 0.15) is 4.99 Å². The molecule has 0 bridgehead atoms. The second-order valence-corrected chi connectivity index (χ2v) is 5.19. The second-order valence-electron chi connectivity index (χ2n) is 4.75. The fourth-order valence-electron chi connectivity index (χ4n) is 2.29. The third kappa shape index (κ3) is 3.36. The van der Waals surface area contributed by atoms with Crippen molar-refractivity contribution >= 4 is 23.0 Å². The van der Waals surface area contributed by atoms with Gasteiger partial charge in [-0.25, -0.2) is 0 Å². The Morgan fingerprint density at radius 2 is 2.10 bits per heavy atom. The van der Waals surface area contributed by atoms with Crippen molar-refractivity contribution in [2.24, 2.45) is 12.8 Å². The van der Waals surface area contributed by atoms with E-state index < -0.39 is 0 Å². The molecule has 0 saturated heterocycles. The van der Waals surface area contributed by atoms with Gasteiger partial charge in [-0.2, -0.15) is 10.2 Å². The fourth-order valence-corrected chi connectivity index (χ4v) is 2.51. The first-order valence-electron chi connectivity index (χ1n) is 6.97. The van der Waals surface area contributed by atoms with Gasteiger partial charge in [0.2, 0.25) is 0 Å². The van der Waals surface area contributed by atoms with Crippen molar-refractivity contribution in [1.29, 1.82) is 0 Å². The van der Waals surface area contributed by atoms with Gasteiger partial charge in [0.15, 0.2) is 5.82 Å². The van der Waals surface area contributed by atoms with Gasteiger partial charge in [-0.3, -0.25) is 4.68 Å². The molecule has 0 atom stereocenters. The van der Waals surface area contributed by atoms with E-state index in [2.05, 4.69) is 27.5 Å². The molecule has 0 aromatic carbocycles. The molecule has 0 aliphatic heterocycles. The van der Waals surface area contributed by atoms with E-state index in [0.29, 0.717) is 17.4 Å². The first kappa shape index (κ1) is 15.4. The summed E-state index contributed by atoms with van der Waals surface area (Å²) in [5.41, 5.74) is 9.64. The van der Waals surface area contributed by atoms with Gasteiger partial charge < -0.3 is 11.1 Å². The smallest absolute Gasteiger partial charge is 0.159 e. The Labute approximate surface area is 129 Å². The molecule has 0 saturated carbocycles. The zero-order chi connectivity index (χ0) is 15.4. The second kappa shape index (κ2) is 6.62. The standard InChI is InChI=1S/C14H20N6S/c1-4-10-11(5-2)17-18-14(12(10)13(15)21)16-8-9-6-7-20(3)19-9/h6-7H,4-5,8H2,1-3H3,(H2,15,21)(H,16,18). The van der Waals surface area contributed by atoms with E-state index in [1.54, 1.807) is 4.68 Å². The van der Waals surface area contributed by atoms with Crippen LogP contribution < -0.4 is 11.1 Å². The van der Waals surface area contributed by atoms with Crippen LogP contribution in [-0.2, 0) is 26.4 Å². The molecule has 2 aromatic rings. The minimum Gasteiger partial charge on any atom is -0.389 e. The van der Waals surface area contributed by atoms with E-state index in [0.717, 1.165) is 35.4 Å². The quantitative estimate of drug-likeness (QED) is 0.789. The summed E-state index contributed by atoms with van der Waals surface area (Å²) in [5, 5.41) is 16.1. The van der Waals surface area contributed by atoms with Crippen molar-refractivity contribution in [2.45, 2.75) is 33.2 Å². The van der Waals surface area contributed by atoms with Crippen molar-refractivity contribution in [3.05, 3.63) is 34.8 Å². The summed E-state index contributed by atoms with van der Waals surface area (Å²) >= 11 is 5.20. The SMILES string of the molecule is CCc1nnc(NCc2ccn(C)n2)c(C(N)=S)c1CC. The lowest BCUT2D eigenvalue weighted by molar-refractivity contribution is 0.746. The van der Waals surface area contributed by atoms with Gasteiger partial charge in [-0.1, -0.05) is 26.1 Å². The van der Waals surface area contributed by atoms with Crippen LogP contribution in [0.15, 0.2) is 12.3 Å². The summed E-state index contributed by atoms with van der Waals surface area (Å²) < 4.78 is 1.76. The highest BCUT2D eigenvalue weighted by atomic mass is 32.1. The molecular formula is C14H20N6S. The largest absolute Gasteiger partial charge is 0.389 e. The van der Waals surface area contributed by atoms with Crippen LogP contribution in [0.5, 0.6) is 0 Å². The van der Waals surface area contributed by atoms with E-state index in [-0.39, 0.29) is 0 Å². The summed E-state index contributed by atoms with van der Waals surface area (Å²) in [4.78, 5) is 0.347. The molecule has 2 aromatic heterocycles. The molecule has 112 valence electrons. The lowest BCUT2D eigenvalue weighted by Gasteiger charge is -2.15. The molecule has 0 spiro atoms. The zero-order valence-electron chi connectivity index (χ0n) is 12.6. The zero-order valence-corrected chi connectivity index (χ0v) is 13.4. The molecule has 0 amide bonds. The van der Waals surface area contributed by atoms with Crippen LogP contribution in [0.2, 0.25) is 0 Å². The van der Waals surface area contributed by atoms with Gasteiger partial charge in [0.05, 0.1) is 23.5 Å². The van der Waals surface area contributed by atoms with Crippen molar-refractivity contribution in [3.8, 4) is 0 Å². The van der Waals surface area contributed by atoms with Crippen LogP contribution in [0.1, 0.15) is 36.4 Å². The number of hydrogen-bond acceptors (Lipinski definition) is 5. The van der Waals surface area contributed by atoms with Crippen molar-refractivity contribution in [1.82, 2.24) is 20.0 Å². The molecule has 21 heavy (non-hydrogen) atoms. The van der Waals surface area contributed by atoms with Crippen molar-refractivity contribution in [3.63, 3.8) is 0 Å². The first-order valence-corrected chi connectivity index (χ1v) is 7.38. The molecule has 0 fully saturated rings. The normalized spacial score (nSPS) is 10.6. The average Bonchev–Trinajstić information content (AvgIpc) is 2.89. The number of nitrogens with zero attached hydrogens (tertiary/aromatic N) is 4. The fraction of sp³-hybridized carbons (Fsp3) is 0.429. The monoisotopic (exact) mass is 304 g/mol. The summed E-state index contributed by atoms with van der Waals surface area (Å²) in [6, 6.07) is 1.95. The van der Waals surface area contributed by atoms with Crippen LogP contribution in [0, 0.1) is 0 Å². The Morgan fingerprint density at radius 3 is 2.62 bits per heavy atom. The van der Waals surface area contributed by atoms with Crippen LogP contribution in [0.25, 0.3) is 0 Å². The Hall–Kier alpha value is -2.02. The maximum absolute atomic E-state index is 5.89. The third-order valence-corrected chi connectivity index (χ3v) is 3.50. The number of nitrogens with two attached hydrogens (primary N) is 1. The maximum atomic E-state index is 5.89. The van der Waals surface area contributed by atoms with E-state index in [1.807, 2.05) is 26.2 Å². The number of aryl methyl sites for hydroxylation is 2. The van der Waals surface area contributed by atoms with Gasteiger partial charge in [0.25, 0.3) is 0 Å². The molecule has 3 N–H and O–H groups in total. The molecule has 0 aliphatic rings. The highest BCUT2D eigenvalue weighted by molar-refractivity contribution is 7.80. The van der Waals surface area contributed by atoms with Gasteiger partial charge >= 0.3 is 0 Å². The molecule has 0 radical (unpaired) electrons. The van der Waals surface area contributed by atoms with Crippen molar-refractivity contribution < 1.29 is 0 Å². The Morgan fingerprint density at radius 1 is 1.33 bits per heavy atom. The number of hydrogen-bond donors (Lipinski definition) is 2. The van der Waals surface area contributed by atoms with E-state index in [1.165, 1.54) is 0 Å². The van der Waals surface area contributed by atoms with Crippen LogP contribution in [0.4, 0.5) is 5.82 Å². The van der Waals surface area contributed by atoms with E-state index >= 15 is 0 Å². The highest BCUT2D eigenvalue weighted by Crippen LogP contribution is 2.21. The van der Waals surface area contributed by atoms with Crippen LogP contribution in [-0.4, -0.2) is 25.0 Å². The Kier molecular flexibility index (Phi) is 4.85. The lowest BCUT2D eigenvalue weighted by atomic mass is 10.0. The topological polar surface area (TPSA) is 81.7 Å². The van der Waals surface area contributed by atoms with Crippen LogP contribution in [0.3, 0.4) is 0 Å². The number of aromatic nitrogens is 4. The molecule has 0 unspecified atom stereocenters. The van der Waals surface area contributed by atoms with Crippen molar-refractivity contribution in [2.75, 3.05) is 5.32 Å². The highest BCUT2D eigenvalue weighted by Gasteiger charge is 2.16. The molecule has 6 nitrogen and oxygen atoms in total. The van der Waals surface area contributed by atoms with E-state index in [9.17, 15) is 0 Å². The summed E-state index contributed by atoms with van der Waals surface area (Å²) in [7, 11) is 1.88. The first-order chi connectivity index (χ1) is 10.1. The third-order valence-electron chi connectivity index (χ3n) is 3.30. The molecule has 7 heteroatoms. The molecule has 2 rings (SSSR count). The van der Waals surface area contributed by atoms with E-state index in [4.69, 9.17) is 18.0 Å². The van der Waals surface area contributed by atoms with Gasteiger partial charge in [0, 0.05) is 13.2 Å². The summed E-state index contributed by atoms with van der Waals surface area (Å²) in [6.45, 7) is 4.67. The summed E-state index contributed by atoms with van der Waals surface area (Å²) in [5.74, 6) is 0.627. The average molecular weight is 304 g/mol. The number of nitrogens with one attached hydrogen (secondary N) is 1. The molecule has 2 heterocycles. The van der Waals surface area contributed by atoms with Gasteiger partial charge in [-0.05, 0) is 24.5 Å². The number of rotatable bonds is 6. The summed E-state index contributed by atoms with van der Waals surface area (Å²) in [6.07, 6.45) is 3.53. The predicted octanol–water partition coefficient (Wildman–Crippen LogP) is 1.58. The Balaban J connectivity index is 2.32. The molecular weight excluding hydrogens is 284 g/mol. The maximum Gasteiger partial charge on any atom is 0.159 e. The number of anilines is 1. The lowest BCUT2D eigenvalue weighted by Crippen LogP contribution is -2.19. The minimum atomic E-state index is 0.347. The predicted molar refractivity (Wildman–Crippen MR) is 87.2 cm³/mol. The minimum absolute atomic E-state index is 0.347. The van der Waals surface area contributed by atoms with Crippen LogP contribution >= 0.6 is 12.2 Å².